The zero-order chi connectivity index (χ0) is 15.4. The van der Waals surface area contributed by atoms with Gasteiger partial charge in [-0.15, -0.1) is 12.4 Å². The van der Waals surface area contributed by atoms with Crippen LogP contribution >= 0.6 is 12.4 Å². The molecule has 0 aliphatic carbocycles. The third-order valence-corrected chi connectivity index (χ3v) is 4.21. The van der Waals surface area contributed by atoms with Gasteiger partial charge in [0.1, 0.15) is 0 Å². The molecule has 2 aromatic carbocycles. The predicted octanol–water partition coefficient (Wildman–Crippen LogP) is 3.59. The second kappa shape index (κ2) is 8.16. The Hall–Kier alpha value is -1.58. The Bertz CT molecular complexity index is 624. The molecule has 0 bridgehead atoms. The number of hydrogen-bond acceptors (Lipinski definition) is 2. The molecule has 0 saturated carbocycles. The lowest BCUT2D eigenvalue weighted by atomic mass is 9.98. The molecule has 0 aromatic heterocycles. The van der Waals surface area contributed by atoms with E-state index in [9.17, 15) is 4.79 Å². The quantitative estimate of drug-likeness (QED) is 0.915. The molecular weight excluding hydrogens is 296 g/mol. The van der Waals surface area contributed by atoms with Gasteiger partial charge in [-0.3, -0.25) is 4.79 Å². The second-order valence-electron chi connectivity index (χ2n) is 5.74. The van der Waals surface area contributed by atoms with Gasteiger partial charge in [0.15, 0.2) is 0 Å². The highest BCUT2D eigenvalue weighted by Crippen LogP contribution is 2.20. The summed E-state index contributed by atoms with van der Waals surface area (Å²) in [5.41, 5.74) is 7.20. The van der Waals surface area contributed by atoms with Gasteiger partial charge in [0.2, 0.25) is 5.91 Å². The SMILES string of the molecule is CCC(C)C(N)C(=O)N(C)Cc1cccc2ccccc12.Cl. The lowest BCUT2D eigenvalue weighted by Gasteiger charge is -2.25. The zero-order valence-electron chi connectivity index (χ0n) is 13.5. The number of likely N-dealkylation sites (N-methyl/N-ethyl adjacent to an activating group) is 1. The van der Waals surface area contributed by atoms with E-state index in [1.165, 1.54) is 10.8 Å². The van der Waals surface area contributed by atoms with E-state index < -0.39 is 6.04 Å². The first-order chi connectivity index (χ1) is 10.0. The number of benzene rings is 2. The molecule has 0 saturated heterocycles. The molecule has 2 atom stereocenters. The van der Waals surface area contributed by atoms with Gasteiger partial charge >= 0.3 is 0 Å². The maximum atomic E-state index is 12.4. The summed E-state index contributed by atoms with van der Waals surface area (Å²) in [6.45, 7) is 4.67. The number of amides is 1. The number of nitrogens with zero attached hydrogens (tertiary/aromatic N) is 1. The Morgan fingerprint density at radius 3 is 2.50 bits per heavy atom. The smallest absolute Gasteiger partial charge is 0.239 e. The van der Waals surface area contributed by atoms with Gasteiger partial charge in [-0.05, 0) is 22.3 Å². The Morgan fingerprint density at radius 2 is 1.82 bits per heavy atom. The van der Waals surface area contributed by atoms with E-state index in [2.05, 4.69) is 31.2 Å². The molecule has 120 valence electrons. The summed E-state index contributed by atoms with van der Waals surface area (Å²) in [5, 5.41) is 2.39. The van der Waals surface area contributed by atoms with E-state index in [0.717, 1.165) is 12.0 Å². The third kappa shape index (κ3) is 3.99. The molecule has 22 heavy (non-hydrogen) atoms. The molecule has 0 fully saturated rings. The molecular formula is C18H25ClN2O. The van der Waals surface area contributed by atoms with Crippen molar-refractivity contribution in [3.05, 3.63) is 48.0 Å². The fourth-order valence-corrected chi connectivity index (χ4v) is 2.52. The van der Waals surface area contributed by atoms with E-state index >= 15 is 0 Å². The van der Waals surface area contributed by atoms with Crippen molar-refractivity contribution in [2.24, 2.45) is 11.7 Å². The van der Waals surface area contributed by atoms with Crippen LogP contribution in [0.1, 0.15) is 25.8 Å². The van der Waals surface area contributed by atoms with Gasteiger partial charge in [0, 0.05) is 13.6 Å². The van der Waals surface area contributed by atoms with E-state index in [1.54, 1.807) is 4.90 Å². The molecule has 0 aliphatic rings. The summed E-state index contributed by atoms with van der Waals surface area (Å²) in [6, 6.07) is 14.0. The van der Waals surface area contributed by atoms with Gasteiger partial charge in [0.25, 0.3) is 0 Å². The number of carbonyl (C=O) groups excluding carboxylic acids is 1. The Kier molecular flexibility index (Phi) is 6.85. The first kappa shape index (κ1) is 18.5. The van der Waals surface area contributed by atoms with Gasteiger partial charge in [-0.2, -0.15) is 0 Å². The highest BCUT2D eigenvalue weighted by molar-refractivity contribution is 5.87. The molecule has 1 amide bonds. The predicted molar refractivity (Wildman–Crippen MR) is 95.1 cm³/mol. The molecule has 3 nitrogen and oxygen atoms in total. The first-order valence-corrected chi connectivity index (χ1v) is 7.51. The normalized spacial score (nSPS) is 13.3. The average Bonchev–Trinajstić information content (AvgIpc) is 2.53. The lowest BCUT2D eigenvalue weighted by Crippen LogP contribution is -2.45. The van der Waals surface area contributed by atoms with Crippen molar-refractivity contribution in [1.29, 1.82) is 0 Å². The topological polar surface area (TPSA) is 46.3 Å². The zero-order valence-corrected chi connectivity index (χ0v) is 14.3. The van der Waals surface area contributed by atoms with Crippen LogP contribution in [-0.4, -0.2) is 23.9 Å². The van der Waals surface area contributed by atoms with Crippen molar-refractivity contribution in [1.82, 2.24) is 4.90 Å². The van der Waals surface area contributed by atoms with Crippen molar-refractivity contribution in [3.8, 4) is 0 Å². The fourth-order valence-electron chi connectivity index (χ4n) is 2.52. The minimum Gasteiger partial charge on any atom is -0.340 e. The largest absolute Gasteiger partial charge is 0.340 e. The van der Waals surface area contributed by atoms with Crippen molar-refractivity contribution in [2.45, 2.75) is 32.9 Å². The molecule has 0 radical (unpaired) electrons. The second-order valence-corrected chi connectivity index (χ2v) is 5.74. The molecule has 4 heteroatoms. The van der Waals surface area contributed by atoms with E-state index in [4.69, 9.17) is 5.73 Å². The van der Waals surface area contributed by atoms with Gasteiger partial charge in [-0.25, -0.2) is 0 Å². The molecule has 2 rings (SSSR count). The van der Waals surface area contributed by atoms with Gasteiger partial charge in [-0.1, -0.05) is 62.7 Å². The van der Waals surface area contributed by atoms with Crippen LogP contribution in [0, 0.1) is 5.92 Å². The van der Waals surface area contributed by atoms with Crippen LogP contribution in [0.15, 0.2) is 42.5 Å². The average molecular weight is 321 g/mol. The first-order valence-electron chi connectivity index (χ1n) is 7.51. The fraction of sp³-hybridized carbons (Fsp3) is 0.389. The standard InChI is InChI=1S/C18H24N2O.ClH/c1-4-13(2)17(19)18(21)20(3)12-15-10-7-9-14-8-5-6-11-16(14)15;/h5-11,13,17H,4,12,19H2,1-3H3;1H. The van der Waals surface area contributed by atoms with Gasteiger partial charge < -0.3 is 10.6 Å². The summed E-state index contributed by atoms with van der Waals surface area (Å²) in [5.74, 6) is 0.213. The maximum Gasteiger partial charge on any atom is 0.239 e. The molecule has 2 unspecified atom stereocenters. The van der Waals surface area contributed by atoms with Crippen LogP contribution in [0.3, 0.4) is 0 Å². The number of fused-ring (bicyclic) bond motifs is 1. The van der Waals surface area contributed by atoms with Crippen molar-refractivity contribution >= 4 is 29.1 Å². The maximum absolute atomic E-state index is 12.4. The van der Waals surface area contributed by atoms with E-state index in [0.29, 0.717) is 6.54 Å². The molecule has 2 N–H and O–H groups in total. The highest BCUT2D eigenvalue weighted by atomic mass is 35.5. The Morgan fingerprint density at radius 1 is 1.18 bits per heavy atom. The molecule has 0 heterocycles. The summed E-state index contributed by atoms with van der Waals surface area (Å²) in [4.78, 5) is 14.1. The van der Waals surface area contributed by atoms with E-state index in [1.807, 2.05) is 32.2 Å². The summed E-state index contributed by atoms with van der Waals surface area (Å²) in [6.07, 6.45) is 0.912. The third-order valence-electron chi connectivity index (χ3n) is 4.21. The van der Waals surface area contributed by atoms with Crippen LogP contribution in [0.5, 0.6) is 0 Å². The number of rotatable bonds is 5. The van der Waals surface area contributed by atoms with Crippen LogP contribution in [-0.2, 0) is 11.3 Å². The monoisotopic (exact) mass is 320 g/mol. The molecule has 0 aliphatic heterocycles. The Balaban J connectivity index is 0.00000242. The Labute approximate surface area is 138 Å². The summed E-state index contributed by atoms with van der Waals surface area (Å²) >= 11 is 0. The minimum atomic E-state index is -0.421. The van der Waals surface area contributed by atoms with Crippen LogP contribution in [0.25, 0.3) is 10.8 Å². The van der Waals surface area contributed by atoms with Crippen LogP contribution in [0.4, 0.5) is 0 Å². The minimum absolute atomic E-state index is 0. The number of nitrogens with two attached hydrogens (primary N) is 1. The summed E-state index contributed by atoms with van der Waals surface area (Å²) < 4.78 is 0. The number of halogens is 1. The van der Waals surface area contributed by atoms with Crippen molar-refractivity contribution < 1.29 is 4.79 Å². The van der Waals surface area contributed by atoms with E-state index in [-0.39, 0.29) is 24.2 Å². The molecule has 0 spiro atoms. The summed E-state index contributed by atoms with van der Waals surface area (Å²) in [7, 11) is 1.83. The van der Waals surface area contributed by atoms with Crippen LogP contribution < -0.4 is 5.73 Å². The highest BCUT2D eigenvalue weighted by Gasteiger charge is 2.23. The number of carbonyl (C=O) groups is 1. The van der Waals surface area contributed by atoms with Gasteiger partial charge in [0.05, 0.1) is 6.04 Å². The number of hydrogen-bond donors (Lipinski definition) is 1. The lowest BCUT2D eigenvalue weighted by molar-refractivity contribution is -0.132. The van der Waals surface area contributed by atoms with Crippen LogP contribution in [0.2, 0.25) is 0 Å². The van der Waals surface area contributed by atoms with Crippen molar-refractivity contribution in [2.75, 3.05) is 7.05 Å². The molecule has 2 aromatic rings. The van der Waals surface area contributed by atoms with Crippen molar-refractivity contribution in [3.63, 3.8) is 0 Å².